The van der Waals surface area contributed by atoms with Crippen molar-refractivity contribution >= 4 is 39.3 Å². The highest BCUT2D eigenvalue weighted by atomic mass is 32.2. The molecule has 0 heterocycles. The molecule has 0 radical (unpaired) electrons. The fraction of sp³-hybridized carbons (Fsp3) is 0.355. The lowest BCUT2D eigenvalue weighted by atomic mass is 10.1. The van der Waals surface area contributed by atoms with E-state index in [9.17, 15) is 18.0 Å². The zero-order valence-corrected chi connectivity index (χ0v) is 25.9. The first kappa shape index (κ1) is 32.0. The van der Waals surface area contributed by atoms with E-state index in [1.807, 2.05) is 58.2 Å². The lowest BCUT2D eigenvalue weighted by Crippen LogP contribution is -2.52. The number of amides is 2. The number of aryl methyl sites for hydroxylation is 1. The first-order chi connectivity index (χ1) is 19.7. The maximum absolute atomic E-state index is 14.2. The molecule has 2 amide bonds. The van der Waals surface area contributed by atoms with Crippen LogP contribution in [0.15, 0.2) is 82.6 Å². The second kappa shape index (κ2) is 14.9. The average molecular weight is 598 g/mol. The molecular formula is C31H39N3O5S2. The number of sulfonamides is 1. The van der Waals surface area contributed by atoms with Gasteiger partial charge in [-0.25, -0.2) is 8.42 Å². The Bertz CT molecular complexity index is 1410. The van der Waals surface area contributed by atoms with Crippen LogP contribution in [-0.4, -0.2) is 57.1 Å². The van der Waals surface area contributed by atoms with Gasteiger partial charge in [-0.15, -0.1) is 11.8 Å². The van der Waals surface area contributed by atoms with Gasteiger partial charge in [0.15, 0.2) is 0 Å². The minimum atomic E-state index is -4.19. The SMILES string of the molecule is CCNC(=O)[C@@H](CC)N(Cc1ccc(C)cc1)C(=O)CN(c1ccccc1OCC)S(=O)(=O)c1ccc(SC)cc1. The number of hydrogen-bond acceptors (Lipinski definition) is 6. The third kappa shape index (κ3) is 8.04. The third-order valence-electron chi connectivity index (χ3n) is 6.57. The molecule has 0 saturated carbocycles. The van der Waals surface area contributed by atoms with Gasteiger partial charge < -0.3 is 15.0 Å². The van der Waals surface area contributed by atoms with Crippen LogP contribution in [0.25, 0.3) is 0 Å². The molecule has 0 unspecified atom stereocenters. The van der Waals surface area contributed by atoms with Crippen molar-refractivity contribution in [2.24, 2.45) is 0 Å². The molecule has 1 N–H and O–H groups in total. The van der Waals surface area contributed by atoms with Crippen molar-refractivity contribution in [2.45, 2.75) is 56.5 Å². The highest BCUT2D eigenvalue weighted by molar-refractivity contribution is 7.98. The van der Waals surface area contributed by atoms with Crippen molar-refractivity contribution in [2.75, 3.05) is 30.3 Å². The van der Waals surface area contributed by atoms with E-state index in [4.69, 9.17) is 4.74 Å². The monoisotopic (exact) mass is 597 g/mol. The second-order valence-electron chi connectivity index (χ2n) is 9.41. The van der Waals surface area contributed by atoms with Gasteiger partial charge in [-0.2, -0.15) is 0 Å². The molecule has 220 valence electrons. The maximum Gasteiger partial charge on any atom is 0.264 e. The Morgan fingerprint density at radius 3 is 2.20 bits per heavy atom. The van der Waals surface area contributed by atoms with E-state index in [1.54, 1.807) is 36.4 Å². The summed E-state index contributed by atoms with van der Waals surface area (Å²) in [5.41, 5.74) is 2.15. The summed E-state index contributed by atoms with van der Waals surface area (Å²) in [4.78, 5) is 29.7. The third-order valence-corrected chi connectivity index (χ3v) is 9.09. The summed E-state index contributed by atoms with van der Waals surface area (Å²) in [5.74, 6) is -0.445. The fourth-order valence-electron chi connectivity index (χ4n) is 4.43. The number of thioether (sulfide) groups is 1. The second-order valence-corrected chi connectivity index (χ2v) is 12.2. The van der Waals surface area contributed by atoms with Crippen LogP contribution in [0.3, 0.4) is 0 Å². The van der Waals surface area contributed by atoms with E-state index >= 15 is 0 Å². The maximum atomic E-state index is 14.2. The molecule has 0 bridgehead atoms. The van der Waals surface area contributed by atoms with Crippen LogP contribution in [0.1, 0.15) is 38.3 Å². The van der Waals surface area contributed by atoms with E-state index < -0.39 is 28.5 Å². The van der Waals surface area contributed by atoms with Gasteiger partial charge in [-0.05, 0) is 75.4 Å². The number of rotatable bonds is 14. The topological polar surface area (TPSA) is 96.0 Å². The zero-order valence-electron chi connectivity index (χ0n) is 24.3. The molecule has 0 spiro atoms. The van der Waals surface area contributed by atoms with Crippen molar-refractivity contribution in [3.63, 3.8) is 0 Å². The van der Waals surface area contributed by atoms with Gasteiger partial charge in [-0.3, -0.25) is 13.9 Å². The van der Waals surface area contributed by atoms with Gasteiger partial charge in [0.25, 0.3) is 10.0 Å². The lowest BCUT2D eigenvalue weighted by Gasteiger charge is -2.33. The first-order valence-electron chi connectivity index (χ1n) is 13.7. The largest absolute Gasteiger partial charge is 0.492 e. The number of para-hydroxylation sites is 2. The molecule has 0 fully saturated rings. The lowest BCUT2D eigenvalue weighted by molar-refractivity contribution is -0.140. The highest BCUT2D eigenvalue weighted by Crippen LogP contribution is 2.33. The number of nitrogens with zero attached hydrogens (tertiary/aromatic N) is 2. The number of anilines is 1. The Balaban J connectivity index is 2.11. The normalized spacial score (nSPS) is 11.9. The Morgan fingerprint density at radius 2 is 1.61 bits per heavy atom. The summed E-state index contributed by atoms with van der Waals surface area (Å²) in [6, 6.07) is 20.2. The van der Waals surface area contributed by atoms with Gasteiger partial charge in [0.1, 0.15) is 18.3 Å². The van der Waals surface area contributed by atoms with Crippen LogP contribution in [0.5, 0.6) is 5.75 Å². The van der Waals surface area contributed by atoms with Crippen LogP contribution in [0, 0.1) is 6.92 Å². The predicted molar refractivity (Wildman–Crippen MR) is 165 cm³/mol. The number of likely N-dealkylation sites (N-methyl/N-ethyl adjacent to an activating group) is 1. The van der Waals surface area contributed by atoms with Gasteiger partial charge >= 0.3 is 0 Å². The molecule has 10 heteroatoms. The standard InChI is InChI=1S/C31H39N3O5S2/c1-6-27(31(36)32-7-2)33(21-24-15-13-23(4)14-16-24)30(35)22-34(28-11-9-10-12-29(28)39-8-3)41(37,38)26-19-17-25(40-5)18-20-26/h9-20,27H,6-8,21-22H2,1-5H3,(H,32,36)/t27-/m1/s1. The molecule has 8 nitrogen and oxygen atoms in total. The predicted octanol–water partition coefficient (Wildman–Crippen LogP) is 5.25. The molecule has 3 aromatic carbocycles. The van der Waals surface area contributed by atoms with E-state index in [-0.39, 0.29) is 23.0 Å². The summed E-state index contributed by atoms with van der Waals surface area (Å²) < 4.78 is 35.1. The minimum absolute atomic E-state index is 0.0512. The molecule has 1 atom stereocenters. The number of ether oxygens (including phenoxy) is 1. The Morgan fingerprint density at radius 1 is 0.951 bits per heavy atom. The van der Waals surface area contributed by atoms with Crippen LogP contribution in [0.2, 0.25) is 0 Å². The van der Waals surface area contributed by atoms with Gasteiger partial charge in [0.05, 0.1) is 17.2 Å². The van der Waals surface area contributed by atoms with Crippen molar-refractivity contribution in [3.05, 3.63) is 83.9 Å². The number of carbonyl (C=O) groups excluding carboxylic acids is 2. The minimum Gasteiger partial charge on any atom is -0.492 e. The van der Waals surface area contributed by atoms with E-state index in [1.165, 1.54) is 28.8 Å². The smallest absolute Gasteiger partial charge is 0.264 e. The van der Waals surface area contributed by atoms with Gasteiger partial charge in [0.2, 0.25) is 11.8 Å². The molecule has 0 saturated heterocycles. The molecule has 41 heavy (non-hydrogen) atoms. The first-order valence-corrected chi connectivity index (χ1v) is 16.3. The molecule has 0 aliphatic rings. The Kier molecular flexibility index (Phi) is 11.7. The molecule has 0 aliphatic heterocycles. The van der Waals surface area contributed by atoms with Crippen molar-refractivity contribution in [1.82, 2.24) is 10.2 Å². The van der Waals surface area contributed by atoms with Gasteiger partial charge in [0, 0.05) is 18.0 Å². The molecule has 3 aromatic rings. The molecule has 0 aliphatic carbocycles. The fourth-order valence-corrected chi connectivity index (χ4v) is 6.26. The van der Waals surface area contributed by atoms with Crippen LogP contribution >= 0.6 is 11.8 Å². The average Bonchev–Trinajstić information content (AvgIpc) is 2.97. The number of benzene rings is 3. The molecule has 0 aromatic heterocycles. The summed E-state index contributed by atoms with van der Waals surface area (Å²) in [7, 11) is -4.19. The number of carbonyl (C=O) groups is 2. The highest BCUT2D eigenvalue weighted by Gasteiger charge is 2.34. The quantitative estimate of drug-likeness (QED) is 0.255. The van der Waals surface area contributed by atoms with Gasteiger partial charge in [-0.1, -0.05) is 48.9 Å². The van der Waals surface area contributed by atoms with E-state index in [0.717, 1.165) is 20.3 Å². The Hall–Kier alpha value is -3.50. The summed E-state index contributed by atoms with van der Waals surface area (Å²) in [5, 5.41) is 2.82. The summed E-state index contributed by atoms with van der Waals surface area (Å²) >= 11 is 1.50. The molecular weight excluding hydrogens is 558 g/mol. The number of nitrogens with one attached hydrogen (secondary N) is 1. The van der Waals surface area contributed by atoms with Crippen molar-refractivity contribution in [3.8, 4) is 5.75 Å². The summed E-state index contributed by atoms with van der Waals surface area (Å²) in [6.45, 7) is 7.80. The van der Waals surface area contributed by atoms with Crippen molar-refractivity contribution < 1.29 is 22.7 Å². The van der Waals surface area contributed by atoms with E-state index in [0.29, 0.717) is 25.3 Å². The van der Waals surface area contributed by atoms with Crippen molar-refractivity contribution in [1.29, 1.82) is 0 Å². The van der Waals surface area contributed by atoms with Crippen LogP contribution in [0.4, 0.5) is 5.69 Å². The number of hydrogen-bond donors (Lipinski definition) is 1. The van der Waals surface area contributed by atoms with E-state index in [2.05, 4.69) is 5.32 Å². The summed E-state index contributed by atoms with van der Waals surface area (Å²) in [6.07, 6.45) is 2.27. The Labute approximate surface area is 248 Å². The zero-order chi connectivity index (χ0) is 30.0. The van der Waals surface area contributed by atoms with Crippen LogP contribution in [-0.2, 0) is 26.2 Å². The molecule has 3 rings (SSSR count). The van der Waals surface area contributed by atoms with Crippen LogP contribution < -0.4 is 14.4 Å².